The Morgan fingerprint density at radius 2 is 2.06 bits per heavy atom. The number of aromatic nitrogens is 2. The van der Waals surface area contributed by atoms with Crippen LogP contribution in [0.25, 0.3) is 16.6 Å². The Bertz CT molecular complexity index is 737. The molecule has 5 heteroatoms. The van der Waals surface area contributed by atoms with Crippen LogP contribution < -0.4 is 5.11 Å². The maximum absolute atomic E-state index is 13.2. The molecule has 0 aliphatic heterocycles. The Balaban J connectivity index is 2.25. The summed E-state index contributed by atoms with van der Waals surface area (Å²) >= 11 is 0. The van der Waals surface area contributed by atoms with E-state index in [-0.39, 0.29) is 5.75 Å². The van der Waals surface area contributed by atoms with E-state index in [9.17, 15) is 14.6 Å². The lowest BCUT2D eigenvalue weighted by Crippen LogP contribution is -1.99. The van der Waals surface area contributed by atoms with Crippen LogP contribution in [-0.4, -0.2) is 14.9 Å². The van der Waals surface area contributed by atoms with Gasteiger partial charge in [-0.2, -0.15) is 5.10 Å². The van der Waals surface area contributed by atoms with Crippen LogP contribution in [0.2, 0.25) is 0 Å². The summed E-state index contributed by atoms with van der Waals surface area (Å²) in [6.07, 6.45) is 1.49. The molecule has 90 valence electrons. The quantitative estimate of drug-likeness (QED) is 0.710. The molecular weight excluding hydrogens is 235 g/mol. The fourth-order valence-corrected chi connectivity index (χ4v) is 1.86. The molecule has 0 aliphatic rings. The van der Waals surface area contributed by atoms with Crippen LogP contribution in [0, 0.1) is 5.82 Å². The number of aromatic hydroxyl groups is 1. The molecule has 0 atom stereocenters. The van der Waals surface area contributed by atoms with E-state index in [0.29, 0.717) is 16.6 Å². The highest BCUT2D eigenvalue weighted by Crippen LogP contribution is 2.26. The molecule has 1 heterocycles. The maximum Gasteiger partial charge on any atom is 0.126 e. The van der Waals surface area contributed by atoms with E-state index < -0.39 is 11.6 Å². The molecule has 0 spiro atoms. The van der Waals surface area contributed by atoms with Crippen molar-refractivity contribution in [3.63, 3.8) is 0 Å². The van der Waals surface area contributed by atoms with Gasteiger partial charge >= 0.3 is 0 Å². The van der Waals surface area contributed by atoms with Crippen LogP contribution in [0.3, 0.4) is 0 Å². The highest BCUT2D eigenvalue weighted by Gasteiger charge is 2.08. The minimum absolute atomic E-state index is 0.111. The van der Waals surface area contributed by atoms with Gasteiger partial charge in [0.15, 0.2) is 0 Å². The fourth-order valence-electron chi connectivity index (χ4n) is 1.86. The Morgan fingerprint density at radius 3 is 2.83 bits per heavy atom. The van der Waals surface area contributed by atoms with Crippen molar-refractivity contribution in [2.45, 2.75) is 0 Å². The van der Waals surface area contributed by atoms with Gasteiger partial charge < -0.3 is 10.2 Å². The summed E-state index contributed by atoms with van der Waals surface area (Å²) < 4.78 is 14.7. The number of phenols is 1. The third-order valence-corrected chi connectivity index (χ3v) is 2.75. The number of nitrogens with zero attached hydrogens (tertiary/aromatic N) is 2. The van der Waals surface area contributed by atoms with Crippen molar-refractivity contribution in [3.8, 4) is 17.2 Å². The smallest absolute Gasteiger partial charge is 0.126 e. The maximum atomic E-state index is 13.2. The molecule has 0 bridgehead atoms. The highest BCUT2D eigenvalue weighted by atomic mass is 19.1. The number of benzene rings is 2. The average molecular weight is 243 g/mol. The molecule has 0 saturated heterocycles. The van der Waals surface area contributed by atoms with Crippen LogP contribution in [0.4, 0.5) is 4.39 Å². The molecule has 3 rings (SSSR count). The van der Waals surface area contributed by atoms with Crippen LogP contribution in [0.5, 0.6) is 11.5 Å². The lowest BCUT2D eigenvalue weighted by Gasteiger charge is -2.09. The van der Waals surface area contributed by atoms with Gasteiger partial charge in [-0.3, -0.25) is 0 Å². The minimum atomic E-state index is -0.823. The zero-order valence-electron chi connectivity index (χ0n) is 9.17. The van der Waals surface area contributed by atoms with Gasteiger partial charge in [-0.25, -0.2) is 9.07 Å². The number of phenolic OH excluding ortho intramolecular Hbond substituents is 1. The molecule has 0 unspecified atom stereocenters. The van der Waals surface area contributed by atoms with Crippen molar-refractivity contribution in [2.24, 2.45) is 0 Å². The van der Waals surface area contributed by atoms with Gasteiger partial charge in [0.05, 0.1) is 22.8 Å². The van der Waals surface area contributed by atoms with Crippen LogP contribution >= 0.6 is 0 Å². The van der Waals surface area contributed by atoms with Crippen LogP contribution in [0.15, 0.2) is 42.6 Å². The van der Waals surface area contributed by atoms with E-state index in [2.05, 4.69) is 5.10 Å². The lowest BCUT2D eigenvalue weighted by molar-refractivity contribution is -0.272. The topological polar surface area (TPSA) is 61.1 Å². The van der Waals surface area contributed by atoms with Gasteiger partial charge in [0, 0.05) is 0 Å². The first kappa shape index (κ1) is 10.6. The van der Waals surface area contributed by atoms with Crippen molar-refractivity contribution in [1.82, 2.24) is 9.78 Å². The van der Waals surface area contributed by atoms with Gasteiger partial charge in [-0.05, 0) is 24.3 Å². The highest BCUT2D eigenvalue weighted by molar-refractivity contribution is 5.86. The van der Waals surface area contributed by atoms with Gasteiger partial charge in [-0.1, -0.05) is 17.9 Å². The number of halogens is 1. The third kappa shape index (κ3) is 1.48. The third-order valence-electron chi connectivity index (χ3n) is 2.75. The monoisotopic (exact) mass is 243 g/mol. The summed E-state index contributed by atoms with van der Waals surface area (Å²) in [6.45, 7) is 0. The summed E-state index contributed by atoms with van der Waals surface area (Å²) in [7, 11) is 0. The van der Waals surface area contributed by atoms with Gasteiger partial charge in [0.1, 0.15) is 11.6 Å². The van der Waals surface area contributed by atoms with E-state index in [1.165, 1.54) is 16.9 Å². The summed E-state index contributed by atoms with van der Waals surface area (Å²) in [6, 6.07) is 8.75. The van der Waals surface area contributed by atoms with Crippen molar-refractivity contribution >= 4 is 10.9 Å². The fraction of sp³-hybridized carbons (Fsp3) is 0. The normalized spacial score (nSPS) is 10.9. The zero-order chi connectivity index (χ0) is 12.7. The molecule has 1 N–H and O–H groups in total. The molecule has 2 aromatic carbocycles. The minimum Gasteiger partial charge on any atom is -0.870 e. The molecule has 1 aromatic heterocycles. The van der Waals surface area contributed by atoms with Crippen molar-refractivity contribution in [2.75, 3.05) is 0 Å². The molecular formula is C13H8FN2O2-. The SMILES string of the molecule is [O-]c1ccc(-n2ncc3c(O)cccc32)cc1F. The molecule has 0 saturated carbocycles. The molecule has 0 aliphatic carbocycles. The van der Waals surface area contributed by atoms with Crippen molar-refractivity contribution in [1.29, 1.82) is 0 Å². The van der Waals surface area contributed by atoms with Crippen LogP contribution in [-0.2, 0) is 0 Å². The Kier molecular flexibility index (Phi) is 2.19. The summed E-state index contributed by atoms with van der Waals surface area (Å²) in [4.78, 5) is 0. The number of hydrogen-bond donors (Lipinski definition) is 1. The first-order valence-corrected chi connectivity index (χ1v) is 5.29. The summed E-state index contributed by atoms with van der Waals surface area (Å²) in [5.74, 6) is -1.37. The predicted octanol–water partition coefficient (Wildman–Crippen LogP) is 1.94. The Morgan fingerprint density at radius 1 is 1.22 bits per heavy atom. The molecule has 3 aromatic rings. The van der Waals surface area contributed by atoms with Gasteiger partial charge in [-0.15, -0.1) is 0 Å². The Hall–Kier alpha value is -2.56. The molecule has 0 amide bonds. The summed E-state index contributed by atoms with van der Waals surface area (Å²) in [5.41, 5.74) is 1.08. The Labute approximate surface area is 102 Å². The first-order valence-electron chi connectivity index (χ1n) is 5.29. The van der Waals surface area contributed by atoms with E-state index >= 15 is 0 Å². The second-order valence-electron chi connectivity index (χ2n) is 3.88. The number of fused-ring (bicyclic) bond motifs is 1. The van der Waals surface area contributed by atoms with E-state index in [0.717, 1.165) is 12.1 Å². The summed E-state index contributed by atoms with van der Waals surface area (Å²) in [5, 5.41) is 25.3. The standard InChI is InChI=1S/C13H9FN2O2/c14-10-6-8(4-5-13(10)18)16-11-2-1-3-12(17)9(11)7-15-16/h1-7,17-18H/p-1. The van der Waals surface area contributed by atoms with E-state index in [1.54, 1.807) is 18.2 Å². The van der Waals surface area contributed by atoms with Crippen molar-refractivity contribution in [3.05, 3.63) is 48.4 Å². The average Bonchev–Trinajstić information content (AvgIpc) is 2.78. The second kappa shape index (κ2) is 3.73. The lowest BCUT2D eigenvalue weighted by atomic mass is 10.2. The number of hydrogen-bond acceptors (Lipinski definition) is 3. The first-order chi connectivity index (χ1) is 8.66. The largest absolute Gasteiger partial charge is 0.870 e. The van der Waals surface area contributed by atoms with Gasteiger partial charge in [0.25, 0.3) is 0 Å². The van der Waals surface area contributed by atoms with E-state index in [1.807, 2.05) is 0 Å². The molecule has 0 fully saturated rings. The van der Waals surface area contributed by atoms with E-state index in [4.69, 9.17) is 0 Å². The number of rotatable bonds is 1. The predicted molar refractivity (Wildman–Crippen MR) is 62.1 cm³/mol. The van der Waals surface area contributed by atoms with Crippen molar-refractivity contribution < 1.29 is 14.6 Å². The molecule has 18 heavy (non-hydrogen) atoms. The van der Waals surface area contributed by atoms with Gasteiger partial charge in [0.2, 0.25) is 0 Å². The second-order valence-corrected chi connectivity index (χ2v) is 3.88. The zero-order valence-corrected chi connectivity index (χ0v) is 9.17. The van der Waals surface area contributed by atoms with Crippen LogP contribution in [0.1, 0.15) is 0 Å². The molecule has 4 nitrogen and oxygen atoms in total. The molecule has 0 radical (unpaired) electrons.